The second-order valence-corrected chi connectivity index (χ2v) is 5.16. The zero-order valence-corrected chi connectivity index (χ0v) is 12.3. The van der Waals surface area contributed by atoms with E-state index in [1.54, 1.807) is 24.3 Å². The molecule has 0 radical (unpaired) electrons. The first kappa shape index (κ1) is 15.2. The van der Waals surface area contributed by atoms with Gasteiger partial charge in [0.1, 0.15) is 18.2 Å². The van der Waals surface area contributed by atoms with Crippen LogP contribution in [0.1, 0.15) is 16.2 Å². The second kappa shape index (κ2) is 6.62. The molecule has 1 aliphatic heterocycles. The number of amides is 1. The van der Waals surface area contributed by atoms with E-state index in [0.29, 0.717) is 18.0 Å². The summed E-state index contributed by atoms with van der Waals surface area (Å²) in [5.74, 6) is -0.238. The fourth-order valence-electron chi connectivity index (χ4n) is 2.37. The number of aliphatic hydroxyl groups is 1. The first-order valence-corrected chi connectivity index (χ1v) is 7.18. The molecule has 1 aliphatic rings. The average Bonchev–Trinajstić information content (AvgIpc) is 3.21. The van der Waals surface area contributed by atoms with E-state index in [1.807, 2.05) is 6.08 Å². The lowest BCUT2D eigenvalue weighted by Crippen LogP contribution is -2.38. The molecule has 23 heavy (non-hydrogen) atoms. The monoisotopic (exact) mass is 317 g/mol. The van der Waals surface area contributed by atoms with Gasteiger partial charge in [0.15, 0.2) is 5.69 Å². The number of carbonyl (C=O) groups excluding carboxylic acids is 1. The van der Waals surface area contributed by atoms with E-state index >= 15 is 0 Å². The van der Waals surface area contributed by atoms with Gasteiger partial charge >= 0.3 is 0 Å². The van der Waals surface area contributed by atoms with Crippen LogP contribution in [0.25, 0.3) is 0 Å². The maximum Gasteiger partial charge on any atom is 0.275 e. The Kier molecular flexibility index (Phi) is 4.38. The number of carbonyl (C=O) groups is 1. The van der Waals surface area contributed by atoms with Crippen LogP contribution in [0.2, 0.25) is 0 Å². The normalized spacial score (nSPS) is 16.8. The third-order valence-corrected chi connectivity index (χ3v) is 3.55. The molecule has 0 bridgehead atoms. The Bertz CT molecular complexity index is 729. The number of nitrogens with zero attached hydrogens (tertiary/aromatic N) is 2. The highest BCUT2D eigenvalue weighted by Gasteiger charge is 2.26. The van der Waals surface area contributed by atoms with E-state index in [-0.39, 0.29) is 36.7 Å². The van der Waals surface area contributed by atoms with Gasteiger partial charge in [0.25, 0.3) is 5.91 Å². The van der Waals surface area contributed by atoms with Crippen molar-refractivity contribution in [1.82, 2.24) is 15.1 Å². The molecule has 2 aromatic rings. The molecule has 6 nitrogen and oxygen atoms in total. The Morgan fingerprint density at radius 1 is 1.48 bits per heavy atom. The SMILES string of the molecule is O=C(c1cc(COc2cccc(F)c2)[nH]n1)N1CC=C[C@@H]1CO. The van der Waals surface area contributed by atoms with E-state index in [9.17, 15) is 14.3 Å². The fourth-order valence-corrected chi connectivity index (χ4v) is 2.37. The molecule has 1 aromatic carbocycles. The summed E-state index contributed by atoms with van der Waals surface area (Å²) in [7, 11) is 0. The van der Waals surface area contributed by atoms with Crippen LogP contribution in [0, 0.1) is 5.82 Å². The van der Waals surface area contributed by atoms with E-state index < -0.39 is 0 Å². The van der Waals surface area contributed by atoms with Crippen molar-refractivity contribution in [3.63, 3.8) is 0 Å². The maximum atomic E-state index is 13.1. The summed E-state index contributed by atoms with van der Waals surface area (Å²) in [6.45, 7) is 0.472. The molecule has 0 saturated carbocycles. The van der Waals surface area contributed by atoms with Gasteiger partial charge < -0.3 is 14.7 Å². The summed E-state index contributed by atoms with van der Waals surface area (Å²) < 4.78 is 18.5. The fraction of sp³-hybridized carbons (Fsp3) is 0.250. The van der Waals surface area contributed by atoms with Crippen LogP contribution in [0.4, 0.5) is 4.39 Å². The zero-order valence-electron chi connectivity index (χ0n) is 12.3. The second-order valence-electron chi connectivity index (χ2n) is 5.16. The lowest BCUT2D eigenvalue weighted by molar-refractivity contribution is 0.0694. The third-order valence-electron chi connectivity index (χ3n) is 3.55. The lowest BCUT2D eigenvalue weighted by Gasteiger charge is -2.21. The van der Waals surface area contributed by atoms with Crippen molar-refractivity contribution < 1.29 is 19.0 Å². The molecule has 1 aromatic heterocycles. The van der Waals surface area contributed by atoms with Crippen LogP contribution in [0.15, 0.2) is 42.5 Å². The van der Waals surface area contributed by atoms with Crippen molar-refractivity contribution in [2.75, 3.05) is 13.2 Å². The molecule has 0 fully saturated rings. The molecule has 3 rings (SSSR count). The van der Waals surface area contributed by atoms with E-state index in [2.05, 4.69) is 10.2 Å². The minimum absolute atomic E-state index is 0.123. The summed E-state index contributed by atoms with van der Waals surface area (Å²) in [5, 5.41) is 16.0. The van der Waals surface area contributed by atoms with Crippen molar-refractivity contribution >= 4 is 5.91 Å². The number of ether oxygens (including phenoxy) is 1. The van der Waals surface area contributed by atoms with Gasteiger partial charge in [-0.1, -0.05) is 18.2 Å². The van der Waals surface area contributed by atoms with Gasteiger partial charge in [-0.15, -0.1) is 0 Å². The average molecular weight is 317 g/mol. The van der Waals surface area contributed by atoms with Crippen LogP contribution in [0.3, 0.4) is 0 Å². The summed E-state index contributed by atoms with van der Waals surface area (Å²) in [6.07, 6.45) is 3.62. The molecular weight excluding hydrogens is 301 g/mol. The highest BCUT2D eigenvalue weighted by atomic mass is 19.1. The summed E-state index contributed by atoms with van der Waals surface area (Å²) in [6, 6.07) is 7.10. The van der Waals surface area contributed by atoms with Crippen molar-refractivity contribution in [2.45, 2.75) is 12.6 Å². The Hall–Kier alpha value is -2.67. The van der Waals surface area contributed by atoms with Gasteiger partial charge in [0.05, 0.1) is 18.3 Å². The van der Waals surface area contributed by atoms with Crippen LogP contribution >= 0.6 is 0 Å². The first-order chi connectivity index (χ1) is 11.2. The molecule has 2 heterocycles. The molecule has 7 heteroatoms. The summed E-state index contributed by atoms with van der Waals surface area (Å²) >= 11 is 0. The number of halogens is 1. The van der Waals surface area contributed by atoms with Crippen molar-refractivity contribution in [3.05, 3.63) is 59.7 Å². The number of H-pyrrole nitrogens is 1. The minimum Gasteiger partial charge on any atom is -0.487 e. The standard InChI is InChI=1S/C16H16FN3O3/c17-11-3-1-5-14(7-11)23-10-12-8-15(19-18-12)16(22)20-6-2-4-13(20)9-21/h1-5,7-8,13,21H,6,9-10H2,(H,18,19)/t13-/m1/s1. The van der Waals surface area contributed by atoms with Gasteiger partial charge in [0.2, 0.25) is 0 Å². The number of hydrogen-bond donors (Lipinski definition) is 2. The third kappa shape index (κ3) is 3.40. The van der Waals surface area contributed by atoms with Crippen LogP contribution in [0.5, 0.6) is 5.75 Å². The Morgan fingerprint density at radius 3 is 3.13 bits per heavy atom. The molecule has 0 aliphatic carbocycles. The highest BCUT2D eigenvalue weighted by molar-refractivity contribution is 5.93. The molecule has 120 valence electrons. The Morgan fingerprint density at radius 2 is 2.35 bits per heavy atom. The molecule has 2 N–H and O–H groups in total. The van der Waals surface area contributed by atoms with E-state index in [0.717, 1.165) is 0 Å². The smallest absolute Gasteiger partial charge is 0.275 e. The lowest BCUT2D eigenvalue weighted by atomic mass is 10.2. The number of rotatable bonds is 5. The minimum atomic E-state index is -0.375. The summed E-state index contributed by atoms with van der Waals surface area (Å²) in [5.41, 5.74) is 0.857. The van der Waals surface area contributed by atoms with Gasteiger partial charge in [-0.2, -0.15) is 5.10 Å². The van der Waals surface area contributed by atoms with Gasteiger partial charge in [0, 0.05) is 12.6 Å². The largest absolute Gasteiger partial charge is 0.487 e. The maximum absolute atomic E-state index is 13.1. The van der Waals surface area contributed by atoms with Gasteiger partial charge in [-0.25, -0.2) is 4.39 Å². The zero-order chi connectivity index (χ0) is 16.2. The van der Waals surface area contributed by atoms with Crippen LogP contribution in [-0.4, -0.2) is 45.3 Å². The van der Waals surface area contributed by atoms with Crippen molar-refractivity contribution in [2.24, 2.45) is 0 Å². The van der Waals surface area contributed by atoms with Gasteiger partial charge in [-0.3, -0.25) is 9.89 Å². The predicted octanol–water partition coefficient (Wildman–Crippen LogP) is 1.50. The number of benzene rings is 1. The van der Waals surface area contributed by atoms with Gasteiger partial charge in [-0.05, 0) is 18.2 Å². The van der Waals surface area contributed by atoms with E-state index in [1.165, 1.54) is 17.0 Å². The molecular formula is C16H16FN3O3. The topological polar surface area (TPSA) is 78.5 Å². The number of aromatic amines is 1. The quantitative estimate of drug-likeness (QED) is 0.819. The number of nitrogens with one attached hydrogen (secondary N) is 1. The predicted molar refractivity (Wildman–Crippen MR) is 80.4 cm³/mol. The summed E-state index contributed by atoms with van der Waals surface area (Å²) in [4.78, 5) is 13.9. The number of aromatic nitrogens is 2. The number of hydrogen-bond acceptors (Lipinski definition) is 4. The van der Waals surface area contributed by atoms with E-state index in [4.69, 9.17) is 4.74 Å². The molecule has 0 saturated heterocycles. The first-order valence-electron chi connectivity index (χ1n) is 7.18. The Labute approximate surface area is 132 Å². The number of aliphatic hydroxyl groups excluding tert-OH is 1. The molecule has 0 unspecified atom stereocenters. The molecule has 1 atom stereocenters. The highest BCUT2D eigenvalue weighted by Crippen LogP contribution is 2.16. The van der Waals surface area contributed by atoms with Crippen molar-refractivity contribution in [3.8, 4) is 5.75 Å². The Balaban J connectivity index is 1.63. The van der Waals surface area contributed by atoms with Crippen LogP contribution in [-0.2, 0) is 6.61 Å². The molecule has 1 amide bonds. The molecule has 0 spiro atoms. The van der Waals surface area contributed by atoms with Crippen LogP contribution < -0.4 is 4.74 Å². The van der Waals surface area contributed by atoms with Crippen molar-refractivity contribution in [1.29, 1.82) is 0 Å².